The second-order valence-corrected chi connectivity index (χ2v) is 9.75. The molecule has 2 aliphatic rings. The van der Waals surface area contributed by atoms with E-state index < -0.39 is 0 Å². The summed E-state index contributed by atoms with van der Waals surface area (Å²) in [4.78, 5) is 0. The topological polar surface area (TPSA) is 0 Å². The minimum absolute atomic E-state index is 0.0956. The first-order valence-corrected chi connectivity index (χ1v) is 11.0. The van der Waals surface area contributed by atoms with Gasteiger partial charge in [0.15, 0.2) is 0 Å². The summed E-state index contributed by atoms with van der Waals surface area (Å²) in [5.41, 5.74) is 13.4. The molecule has 2 aromatic carbocycles. The van der Waals surface area contributed by atoms with Crippen molar-refractivity contribution in [2.75, 3.05) is 0 Å². The van der Waals surface area contributed by atoms with E-state index in [2.05, 4.69) is 90.1 Å². The van der Waals surface area contributed by atoms with E-state index >= 15 is 0 Å². The van der Waals surface area contributed by atoms with E-state index in [-0.39, 0.29) is 5.41 Å². The van der Waals surface area contributed by atoms with E-state index in [1.807, 2.05) is 0 Å². The van der Waals surface area contributed by atoms with E-state index in [4.69, 9.17) is 0 Å². The van der Waals surface area contributed by atoms with Gasteiger partial charge in [-0.25, -0.2) is 0 Å². The Morgan fingerprint density at radius 3 is 2.11 bits per heavy atom. The Kier molecular flexibility index (Phi) is 4.59. The SMILES string of the molecule is CC1=C(C)C(C)(C)C(c2cccc3c2[C]([Zr])=C(c2ccccc2)C3C)=C1C. The summed E-state index contributed by atoms with van der Waals surface area (Å²) in [6.07, 6.45) is 0. The van der Waals surface area contributed by atoms with Gasteiger partial charge < -0.3 is 0 Å². The van der Waals surface area contributed by atoms with Crippen LogP contribution in [0, 0.1) is 5.41 Å². The Morgan fingerprint density at radius 1 is 0.852 bits per heavy atom. The molecule has 0 heterocycles. The van der Waals surface area contributed by atoms with Crippen molar-refractivity contribution < 1.29 is 24.7 Å². The second-order valence-electron chi connectivity index (χ2n) is 8.52. The molecule has 0 amide bonds. The van der Waals surface area contributed by atoms with Crippen molar-refractivity contribution in [2.24, 2.45) is 5.41 Å². The van der Waals surface area contributed by atoms with Crippen molar-refractivity contribution in [3.63, 3.8) is 0 Å². The average Bonchev–Trinajstić information content (AvgIpc) is 2.99. The summed E-state index contributed by atoms with van der Waals surface area (Å²) in [5, 5.41) is 0. The zero-order valence-electron chi connectivity index (χ0n) is 17.2. The van der Waals surface area contributed by atoms with E-state index in [1.165, 1.54) is 78.1 Å². The quantitative estimate of drug-likeness (QED) is 0.466. The van der Waals surface area contributed by atoms with Crippen LogP contribution < -0.4 is 0 Å². The summed E-state index contributed by atoms with van der Waals surface area (Å²) in [6, 6.07) is 17.9. The summed E-state index contributed by atoms with van der Waals surface area (Å²) in [5.74, 6) is 0.456. The van der Waals surface area contributed by atoms with E-state index in [0.717, 1.165) is 0 Å². The van der Waals surface area contributed by atoms with Crippen LogP contribution >= 0.6 is 0 Å². The molecule has 0 nitrogen and oxygen atoms in total. The third-order valence-electron chi connectivity index (χ3n) is 6.93. The van der Waals surface area contributed by atoms with Crippen molar-refractivity contribution >= 4 is 14.4 Å². The molecule has 2 aromatic rings. The van der Waals surface area contributed by atoms with Gasteiger partial charge >= 0.3 is 180 Å². The fourth-order valence-electron chi connectivity index (χ4n) is 5.07. The summed E-state index contributed by atoms with van der Waals surface area (Å²) in [6.45, 7) is 14.1. The molecule has 0 fully saturated rings. The molecule has 1 unspecified atom stereocenters. The molecule has 27 heavy (non-hydrogen) atoms. The van der Waals surface area contributed by atoms with Crippen LogP contribution in [0.1, 0.15) is 69.7 Å². The zero-order valence-corrected chi connectivity index (χ0v) is 19.7. The molecule has 0 saturated heterocycles. The number of benzene rings is 2. The van der Waals surface area contributed by atoms with Crippen molar-refractivity contribution in [1.82, 2.24) is 0 Å². The zero-order chi connectivity index (χ0) is 19.5. The average molecular weight is 431 g/mol. The third kappa shape index (κ3) is 2.65. The molecule has 0 aliphatic heterocycles. The molecular weight excluding hydrogens is 404 g/mol. The molecule has 0 N–H and O–H groups in total. The maximum absolute atomic E-state index is 2.39. The Morgan fingerprint density at radius 2 is 1.52 bits per heavy atom. The Labute approximate surface area is 178 Å². The fourth-order valence-corrected chi connectivity index (χ4v) is 6.64. The predicted molar refractivity (Wildman–Crippen MR) is 113 cm³/mol. The van der Waals surface area contributed by atoms with Crippen LogP contribution in [-0.4, -0.2) is 0 Å². The molecule has 0 radical (unpaired) electrons. The van der Waals surface area contributed by atoms with Gasteiger partial charge in [-0.05, 0) is 0 Å². The molecule has 135 valence electrons. The van der Waals surface area contributed by atoms with Gasteiger partial charge in [0, 0.05) is 0 Å². The van der Waals surface area contributed by atoms with Crippen LogP contribution in [0.2, 0.25) is 0 Å². The number of fused-ring (bicyclic) bond motifs is 1. The summed E-state index contributed by atoms with van der Waals surface area (Å²) >= 11 is 1.51. The number of allylic oxidation sites excluding steroid dienone is 5. The molecule has 0 bridgehead atoms. The van der Waals surface area contributed by atoms with Gasteiger partial charge in [0.25, 0.3) is 0 Å². The van der Waals surface area contributed by atoms with Crippen LogP contribution in [0.25, 0.3) is 14.4 Å². The summed E-state index contributed by atoms with van der Waals surface area (Å²) in [7, 11) is 0. The molecule has 0 saturated carbocycles. The van der Waals surface area contributed by atoms with Crippen LogP contribution in [0.3, 0.4) is 0 Å². The monoisotopic (exact) mass is 429 g/mol. The number of hydrogen-bond donors (Lipinski definition) is 0. The van der Waals surface area contributed by atoms with Gasteiger partial charge in [-0.3, -0.25) is 0 Å². The molecule has 0 spiro atoms. The standard InChI is InChI=1S/C26H27.Zr/c1-16-17(2)25(26(5,6)19(16)4)22-14-10-13-21-18(3)23(15-24(21)22)20-11-8-7-9-12-20;/h7-14,18H,1-6H3;. The van der Waals surface area contributed by atoms with E-state index in [0.29, 0.717) is 5.92 Å². The van der Waals surface area contributed by atoms with Gasteiger partial charge in [-0.15, -0.1) is 0 Å². The van der Waals surface area contributed by atoms with Gasteiger partial charge in [-0.1, -0.05) is 0 Å². The Hall–Kier alpha value is -1.46. The van der Waals surface area contributed by atoms with Crippen molar-refractivity contribution in [3.05, 3.63) is 87.5 Å². The van der Waals surface area contributed by atoms with Crippen molar-refractivity contribution in [3.8, 4) is 0 Å². The van der Waals surface area contributed by atoms with Crippen molar-refractivity contribution in [2.45, 2.75) is 47.5 Å². The van der Waals surface area contributed by atoms with Gasteiger partial charge in [0.05, 0.1) is 0 Å². The third-order valence-corrected chi connectivity index (χ3v) is 8.21. The minimum atomic E-state index is 0.0956. The van der Waals surface area contributed by atoms with Crippen molar-refractivity contribution in [1.29, 1.82) is 0 Å². The van der Waals surface area contributed by atoms with Crippen LogP contribution in [0.5, 0.6) is 0 Å². The van der Waals surface area contributed by atoms with Gasteiger partial charge in [0.2, 0.25) is 0 Å². The Bertz CT molecular complexity index is 1030. The predicted octanol–water partition coefficient (Wildman–Crippen LogP) is 7.37. The van der Waals surface area contributed by atoms with E-state index in [1.54, 1.807) is 0 Å². The number of hydrogen-bond acceptors (Lipinski definition) is 0. The van der Waals surface area contributed by atoms with Gasteiger partial charge in [0.1, 0.15) is 0 Å². The first-order valence-electron chi connectivity index (χ1n) is 9.81. The number of rotatable bonds is 2. The first kappa shape index (κ1) is 18.9. The normalized spacial score (nSPS) is 21.3. The second kappa shape index (κ2) is 6.56. The van der Waals surface area contributed by atoms with E-state index in [9.17, 15) is 0 Å². The first-order chi connectivity index (χ1) is 12.8. The molecule has 1 heteroatoms. The molecule has 0 aromatic heterocycles. The summed E-state index contributed by atoms with van der Waals surface area (Å²) < 4.78 is 1.53. The molecule has 1 atom stereocenters. The van der Waals surface area contributed by atoms with Crippen LogP contribution in [0.15, 0.2) is 65.3 Å². The maximum atomic E-state index is 2.39. The fraction of sp³-hybridized carbons (Fsp3) is 0.308. The Balaban J connectivity index is 1.97. The van der Waals surface area contributed by atoms with Gasteiger partial charge in [-0.2, -0.15) is 0 Å². The van der Waals surface area contributed by atoms with Crippen LogP contribution in [-0.2, 0) is 24.7 Å². The van der Waals surface area contributed by atoms with Crippen LogP contribution in [0.4, 0.5) is 0 Å². The molecular formula is C26H27Zr. The molecule has 2 aliphatic carbocycles. The molecule has 4 rings (SSSR count).